The van der Waals surface area contributed by atoms with E-state index in [0.29, 0.717) is 12.1 Å². The van der Waals surface area contributed by atoms with Crippen molar-refractivity contribution in [1.29, 1.82) is 0 Å². The second-order valence-corrected chi connectivity index (χ2v) is 4.84. The van der Waals surface area contributed by atoms with Crippen LogP contribution in [0.3, 0.4) is 0 Å². The van der Waals surface area contributed by atoms with E-state index in [1.165, 1.54) is 0 Å². The molecule has 3 rings (SSSR count). The molecule has 1 aliphatic heterocycles. The lowest BCUT2D eigenvalue weighted by atomic mass is 10.2. The van der Waals surface area contributed by atoms with Crippen molar-refractivity contribution in [2.24, 2.45) is 0 Å². The summed E-state index contributed by atoms with van der Waals surface area (Å²) in [6, 6.07) is 9.57. The molecule has 4 nitrogen and oxygen atoms in total. The Morgan fingerprint density at radius 2 is 1.94 bits per heavy atom. The third-order valence-electron chi connectivity index (χ3n) is 3.11. The minimum Gasteiger partial charge on any atom is -0.423 e. The molecule has 0 saturated carbocycles. The molecule has 1 N–H and O–H groups in total. The van der Waals surface area contributed by atoms with Gasteiger partial charge in [0.05, 0.1) is 0 Å². The molecule has 0 spiro atoms. The topological polar surface area (TPSA) is 41.3 Å². The van der Waals surface area contributed by atoms with Crippen LogP contribution in [0.5, 0.6) is 0 Å². The van der Waals surface area contributed by atoms with Gasteiger partial charge in [-0.3, -0.25) is 0 Å². The Balaban J connectivity index is 1.92. The summed E-state index contributed by atoms with van der Waals surface area (Å²) in [5, 5.41) is 3.50. The maximum atomic E-state index is 5.79. The number of rotatable bonds is 1. The van der Waals surface area contributed by atoms with Crippen LogP contribution in [0.25, 0.3) is 11.1 Å². The van der Waals surface area contributed by atoms with Gasteiger partial charge in [0, 0.05) is 25.2 Å². The highest BCUT2D eigenvalue weighted by Crippen LogP contribution is 2.23. The fourth-order valence-corrected chi connectivity index (χ4v) is 2.48. The van der Waals surface area contributed by atoms with Crippen molar-refractivity contribution in [3.8, 4) is 0 Å². The largest absolute Gasteiger partial charge is 0.423 e. The Bertz CT molecular complexity index is 479. The molecule has 1 saturated heterocycles. The number of oxazole rings is 1. The zero-order chi connectivity index (χ0) is 11.8. The van der Waals surface area contributed by atoms with Crippen molar-refractivity contribution >= 4 is 17.1 Å². The fourth-order valence-electron chi connectivity index (χ4n) is 2.48. The average Bonchev–Trinajstić information content (AvgIpc) is 2.71. The summed E-state index contributed by atoms with van der Waals surface area (Å²) in [5.41, 5.74) is 1.79. The van der Waals surface area contributed by atoms with E-state index in [4.69, 9.17) is 4.42 Å². The lowest BCUT2D eigenvalue weighted by molar-refractivity contribution is 0.389. The second-order valence-electron chi connectivity index (χ2n) is 4.84. The maximum absolute atomic E-state index is 5.79. The number of nitrogens with zero attached hydrogens (tertiary/aromatic N) is 2. The number of aromatic nitrogens is 1. The molecule has 0 amide bonds. The van der Waals surface area contributed by atoms with E-state index in [9.17, 15) is 0 Å². The molecular weight excluding hydrogens is 214 g/mol. The quantitative estimate of drug-likeness (QED) is 0.815. The van der Waals surface area contributed by atoms with Crippen LogP contribution in [0.15, 0.2) is 28.7 Å². The molecule has 2 aromatic rings. The number of hydrogen-bond acceptors (Lipinski definition) is 4. The number of fused-ring (bicyclic) bond motifs is 1. The first-order chi connectivity index (χ1) is 8.22. The SMILES string of the molecule is C[C@@H]1CN(c2nc3ccccc3o2)C[C@H](C)N1. The predicted molar refractivity (Wildman–Crippen MR) is 68.3 cm³/mol. The van der Waals surface area contributed by atoms with Gasteiger partial charge in [-0.1, -0.05) is 12.1 Å². The van der Waals surface area contributed by atoms with E-state index in [0.717, 1.165) is 30.2 Å². The molecule has 1 aromatic heterocycles. The highest BCUT2D eigenvalue weighted by molar-refractivity contribution is 5.74. The van der Waals surface area contributed by atoms with Crippen LogP contribution >= 0.6 is 0 Å². The molecule has 4 heteroatoms. The minimum absolute atomic E-state index is 0.466. The van der Waals surface area contributed by atoms with Gasteiger partial charge in [-0.25, -0.2) is 0 Å². The highest BCUT2D eigenvalue weighted by Gasteiger charge is 2.24. The van der Waals surface area contributed by atoms with E-state index in [1.807, 2.05) is 24.3 Å². The van der Waals surface area contributed by atoms with Crippen molar-refractivity contribution in [2.45, 2.75) is 25.9 Å². The maximum Gasteiger partial charge on any atom is 0.298 e. The average molecular weight is 231 g/mol. The Kier molecular flexibility index (Phi) is 2.52. The molecule has 1 aliphatic rings. The number of anilines is 1. The summed E-state index contributed by atoms with van der Waals surface area (Å²) >= 11 is 0. The molecule has 2 heterocycles. The van der Waals surface area contributed by atoms with Gasteiger partial charge in [0.15, 0.2) is 5.58 Å². The van der Waals surface area contributed by atoms with Crippen LogP contribution in [-0.2, 0) is 0 Å². The van der Waals surface area contributed by atoms with Crippen molar-refractivity contribution < 1.29 is 4.42 Å². The molecule has 1 aromatic carbocycles. The molecular formula is C13H17N3O. The number of benzene rings is 1. The van der Waals surface area contributed by atoms with Crippen molar-refractivity contribution in [3.63, 3.8) is 0 Å². The van der Waals surface area contributed by atoms with Gasteiger partial charge in [0.25, 0.3) is 6.01 Å². The van der Waals surface area contributed by atoms with Crippen molar-refractivity contribution in [2.75, 3.05) is 18.0 Å². The monoisotopic (exact) mass is 231 g/mol. The van der Waals surface area contributed by atoms with Crippen LogP contribution in [0.4, 0.5) is 6.01 Å². The normalized spacial score (nSPS) is 25.4. The summed E-state index contributed by atoms with van der Waals surface area (Å²) in [6.07, 6.45) is 0. The van der Waals surface area contributed by atoms with Gasteiger partial charge in [-0.2, -0.15) is 4.98 Å². The lowest BCUT2D eigenvalue weighted by Gasteiger charge is -2.35. The molecule has 0 radical (unpaired) electrons. The predicted octanol–water partition coefficient (Wildman–Crippen LogP) is 2.01. The lowest BCUT2D eigenvalue weighted by Crippen LogP contribution is -2.54. The van der Waals surface area contributed by atoms with Gasteiger partial charge >= 0.3 is 0 Å². The minimum atomic E-state index is 0.466. The summed E-state index contributed by atoms with van der Waals surface area (Å²) in [5.74, 6) is 0. The first-order valence-corrected chi connectivity index (χ1v) is 6.09. The number of para-hydroxylation sites is 2. The van der Waals surface area contributed by atoms with Crippen LogP contribution in [-0.4, -0.2) is 30.2 Å². The third kappa shape index (κ3) is 2.00. The number of hydrogen-bond donors (Lipinski definition) is 1. The van der Waals surface area contributed by atoms with Crippen LogP contribution in [0.1, 0.15) is 13.8 Å². The molecule has 0 unspecified atom stereocenters. The van der Waals surface area contributed by atoms with Gasteiger partial charge in [-0.05, 0) is 26.0 Å². The van der Waals surface area contributed by atoms with Gasteiger partial charge in [0.1, 0.15) is 5.52 Å². The van der Waals surface area contributed by atoms with E-state index in [2.05, 4.69) is 29.0 Å². The first kappa shape index (κ1) is 10.6. The second kappa shape index (κ2) is 4.04. The summed E-state index contributed by atoms with van der Waals surface area (Å²) < 4.78 is 5.79. The standard InChI is InChI=1S/C13H17N3O/c1-9-7-16(8-10(2)14-9)13-15-11-5-3-4-6-12(11)17-13/h3-6,9-10,14H,7-8H2,1-2H3/t9-,10+. The highest BCUT2D eigenvalue weighted by atomic mass is 16.4. The molecule has 17 heavy (non-hydrogen) atoms. The fraction of sp³-hybridized carbons (Fsp3) is 0.462. The smallest absolute Gasteiger partial charge is 0.298 e. The van der Waals surface area contributed by atoms with Gasteiger partial charge < -0.3 is 14.6 Å². The third-order valence-corrected chi connectivity index (χ3v) is 3.11. The molecule has 0 aliphatic carbocycles. The van der Waals surface area contributed by atoms with E-state index < -0.39 is 0 Å². The van der Waals surface area contributed by atoms with Crippen molar-refractivity contribution in [1.82, 2.24) is 10.3 Å². The zero-order valence-electron chi connectivity index (χ0n) is 10.2. The van der Waals surface area contributed by atoms with Crippen LogP contribution < -0.4 is 10.2 Å². The molecule has 1 fully saturated rings. The Labute approximate surface area is 101 Å². The molecule has 90 valence electrons. The molecule has 2 atom stereocenters. The van der Waals surface area contributed by atoms with Crippen molar-refractivity contribution in [3.05, 3.63) is 24.3 Å². The molecule has 0 bridgehead atoms. The zero-order valence-corrected chi connectivity index (χ0v) is 10.2. The van der Waals surface area contributed by atoms with Crippen LogP contribution in [0, 0.1) is 0 Å². The summed E-state index contributed by atoms with van der Waals surface area (Å²) in [7, 11) is 0. The summed E-state index contributed by atoms with van der Waals surface area (Å²) in [4.78, 5) is 6.75. The Morgan fingerprint density at radius 1 is 1.24 bits per heavy atom. The number of nitrogens with one attached hydrogen (secondary N) is 1. The van der Waals surface area contributed by atoms with Gasteiger partial charge in [-0.15, -0.1) is 0 Å². The summed E-state index contributed by atoms with van der Waals surface area (Å²) in [6.45, 7) is 6.25. The van der Waals surface area contributed by atoms with E-state index >= 15 is 0 Å². The Morgan fingerprint density at radius 3 is 2.65 bits per heavy atom. The van der Waals surface area contributed by atoms with Gasteiger partial charge in [0.2, 0.25) is 0 Å². The Hall–Kier alpha value is -1.55. The van der Waals surface area contributed by atoms with E-state index in [1.54, 1.807) is 0 Å². The van der Waals surface area contributed by atoms with E-state index in [-0.39, 0.29) is 0 Å². The van der Waals surface area contributed by atoms with Crippen LogP contribution in [0.2, 0.25) is 0 Å². The number of piperazine rings is 1. The first-order valence-electron chi connectivity index (χ1n) is 6.09.